The number of ether oxygens (including phenoxy) is 2. The first-order valence-corrected chi connectivity index (χ1v) is 20.4. The van der Waals surface area contributed by atoms with Crippen LogP contribution in [-0.4, -0.2) is 92.3 Å². The van der Waals surface area contributed by atoms with Crippen molar-refractivity contribution in [1.29, 1.82) is 0 Å². The lowest BCUT2D eigenvalue weighted by Gasteiger charge is -2.29. The molecule has 8 rings (SSSR count). The Morgan fingerprint density at radius 3 is 2.52 bits per heavy atom. The second-order valence-corrected chi connectivity index (χ2v) is 15.3. The van der Waals surface area contributed by atoms with Crippen LogP contribution in [0.4, 0.5) is 18.9 Å². The molecule has 2 aliphatic rings. The molecule has 1 atom stereocenters. The van der Waals surface area contributed by atoms with Crippen molar-refractivity contribution in [3.05, 3.63) is 118 Å². The second-order valence-electron chi connectivity index (χ2n) is 14.9. The number of rotatable bonds is 16. The molecule has 1 saturated heterocycles. The normalized spacial score (nSPS) is 15.1. The maximum atomic E-state index is 13.3. The number of carbonyl (C=O) groups excluding carboxylic acids is 4. The standard InChI is InChI=1S/C44H40ClF3N8O7/c45-28-11-15-34-35(22-28)52-43(51-34)56-42(61)31(39(54-56)26-7-9-27(10-8-26)44(46,47)48)14-6-25-4-12-29(13-5-25)63-21-20-62-24-38(58)50-19-18-49-33-3-1-2-30-32(33)23-55(41(30)60)36-16-17-37(57)53-40(36)59/h1-5,7-13,15,22,36,49,61H,6,14,16-21,23-24H2,(H,50,58)(H,51,52)(H,53,57,59). The van der Waals surface area contributed by atoms with Gasteiger partial charge in [-0.2, -0.15) is 23.0 Å². The number of alkyl halides is 3. The van der Waals surface area contributed by atoms with E-state index in [1.165, 1.54) is 21.7 Å². The molecular formula is C44H40ClF3N8O7. The summed E-state index contributed by atoms with van der Waals surface area (Å²) < 4.78 is 52.5. The van der Waals surface area contributed by atoms with Crippen molar-refractivity contribution in [3.8, 4) is 28.8 Å². The van der Waals surface area contributed by atoms with Crippen molar-refractivity contribution in [1.82, 2.24) is 35.3 Å². The van der Waals surface area contributed by atoms with Crippen molar-refractivity contribution in [2.24, 2.45) is 0 Å². The molecule has 326 valence electrons. The molecule has 0 aliphatic carbocycles. The van der Waals surface area contributed by atoms with Crippen molar-refractivity contribution >= 4 is 52.0 Å². The number of benzene rings is 4. The zero-order chi connectivity index (χ0) is 44.3. The summed E-state index contributed by atoms with van der Waals surface area (Å²) in [4.78, 5) is 58.5. The monoisotopic (exact) mass is 884 g/mol. The van der Waals surface area contributed by atoms with Crippen LogP contribution in [0.3, 0.4) is 0 Å². The number of imide groups is 1. The second kappa shape index (κ2) is 18.2. The van der Waals surface area contributed by atoms with Crippen LogP contribution in [0.1, 0.15) is 45.5 Å². The molecule has 0 spiro atoms. The number of H-pyrrole nitrogens is 1. The van der Waals surface area contributed by atoms with E-state index in [1.54, 1.807) is 42.5 Å². The minimum absolute atomic E-state index is 0.148. The number of piperidine rings is 1. The fourth-order valence-electron chi connectivity index (χ4n) is 7.54. The lowest BCUT2D eigenvalue weighted by atomic mass is 10.00. The molecule has 4 amide bonds. The molecule has 4 aromatic carbocycles. The third-order valence-electron chi connectivity index (χ3n) is 10.7. The lowest BCUT2D eigenvalue weighted by Crippen LogP contribution is -2.52. The minimum Gasteiger partial charge on any atom is -0.493 e. The Morgan fingerprint density at radius 1 is 0.968 bits per heavy atom. The van der Waals surface area contributed by atoms with Crippen molar-refractivity contribution in [3.63, 3.8) is 0 Å². The molecule has 0 bridgehead atoms. The highest BCUT2D eigenvalue weighted by atomic mass is 35.5. The van der Waals surface area contributed by atoms with Gasteiger partial charge >= 0.3 is 6.18 Å². The average molecular weight is 885 g/mol. The van der Waals surface area contributed by atoms with Gasteiger partial charge in [-0.05, 0) is 79.4 Å². The highest BCUT2D eigenvalue weighted by molar-refractivity contribution is 6.31. The van der Waals surface area contributed by atoms with E-state index in [9.17, 15) is 37.5 Å². The summed E-state index contributed by atoms with van der Waals surface area (Å²) >= 11 is 6.13. The van der Waals surface area contributed by atoms with Crippen LogP contribution in [0.5, 0.6) is 11.6 Å². The predicted molar refractivity (Wildman–Crippen MR) is 224 cm³/mol. The van der Waals surface area contributed by atoms with Crippen LogP contribution in [0.15, 0.2) is 84.9 Å². The van der Waals surface area contributed by atoms with E-state index in [4.69, 9.17) is 21.1 Å². The number of halogens is 4. The predicted octanol–water partition coefficient (Wildman–Crippen LogP) is 5.96. The number of aromatic hydroxyl groups is 1. The summed E-state index contributed by atoms with van der Waals surface area (Å²) in [6, 6.07) is 21.5. The maximum absolute atomic E-state index is 13.3. The zero-order valence-corrected chi connectivity index (χ0v) is 34.2. The van der Waals surface area contributed by atoms with Crippen LogP contribution in [-0.2, 0) is 44.7 Å². The van der Waals surface area contributed by atoms with E-state index in [0.29, 0.717) is 63.6 Å². The van der Waals surface area contributed by atoms with Gasteiger partial charge in [0.25, 0.3) is 5.91 Å². The lowest BCUT2D eigenvalue weighted by molar-refractivity contribution is -0.138. The number of imidazole rings is 1. The highest BCUT2D eigenvalue weighted by Crippen LogP contribution is 2.36. The summed E-state index contributed by atoms with van der Waals surface area (Å²) in [5.41, 5.74) is 4.36. The molecule has 6 aromatic rings. The number of nitrogens with zero attached hydrogens (tertiary/aromatic N) is 4. The summed E-state index contributed by atoms with van der Waals surface area (Å²) in [5.74, 6) is -0.844. The Kier molecular flexibility index (Phi) is 12.4. The molecule has 2 aromatic heterocycles. The maximum Gasteiger partial charge on any atom is 0.416 e. The highest BCUT2D eigenvalue weighted by Gasteiger charge is 2.40. The van der Waals surface area contributed by atoms with Gasteiger partial charge in [0.1, 0.15) is 30.7 Å². The van der Waals surface area contributed by atoms with Crippen LogP contribution in [0, 0.1) is 0 Å². The van der Waals surface area contributed by atoms with Gasteiger partial charge < -0.3 is 35.1 Å². The molecular weight excluding hydrogens is 845 g/mol. The number of anilines is 1. The largest absolute Gasteiger partial charge is 0.493 e. The topological polar surface area (TPSA) is 193 Å². The summed E-state index contributed by atoms with van der Waals surface area (Å²) in [5, 5.41) is 24.8. The van der Waals surface area contributed by atoms with Crippen LogP contribution < -0.4 is 20.7 Å². The third kappa shape index (κ3) is 9.61. The van der Waals surface area contributed by atoms with Gasteiger partial charge in [0.05, 0.1) is 23.2 Å². The SMILES string of the molecule is O=C(COCCOc1ccc(CCc2c(-c3ccc(C(F)(F)F)cc3)nn(-c3nc4cc(Cl)ccc4[nH]3)c2O)cc1)NCCNc1cccc2c1CN(C1CCC(=O)NC1=O)C2=O. The number of fused-ring (bicyclic) bond motifs is 2. The molecule has 0 saturated carbocycles. The molecule has 15 nitrogen and oxygen atoms in total. The van der Waals surface area contributed by atoms with Gasteiger partial charge in [-0.1, -0.05) is 41.9 Å². The van der Waals surface area contributed by atoms with Gasteiger partial charge in [0.2, 0.25) is 29.5 Å². The molecule has 2 aliphatic heterocycles. The summed E-state index contributed by atoms with van der Waals surface area (Å²) in [6.07, 6.45) is -3.32. The summed E-state index contributed by atoms with van der Waals surface area (Å²) in [7, 11) is 0. The third-order valence-corrected chi connectivity index (χ3v) is 11.0. The smallest absolute Gasteiger partial charge is 0.416 e. The van der Waals surface area contributed by atoms with Crippen LogP contribution in [0.2, 0.25) is 5.02 Å². The van der Waals surface area contributed by atoms with E-state index in [1.807, 2.05) is 18.2 Å². The first-order valence-electron chi connectivity index (χ1n) is 20.0. The number of aryl methyl sites for hydroxylation is 1. The fraction of sp³-hybridized carbons (Fsp3) is 0.273. The Balaban J connectivity index is 0.790. The molecule has 1 fully saturated rings. The number of carbonyl (C=O) groups is 4. The minimum atomic E-state index is -4.51. The van der Waals surface area contributed by atoms with Gasteiger partial charge in [-0.15, -0.1) is 0 Å². The number of hydrogen-bond acceptors (Lipinski definition) is 10. The quantitative estimate of drug-likeness (QED) is 0.0572. The van der Waals surface area contributed by atoms with Gasteiger partial charge in [0.15, 0.2) is 0 Å². The van der Waals surface area contributed by atoms with E-state index >= 15 is 0 Å². The van der Waals surface area contributed by atoms with Crippen molar-refractivity contribution in [2.45, 2.75) is 44.4 Å². The van der Waals surface area contributed by atoms with Gasteiger partial charge in [0, 0.05) is 59.0 Å². The van der Waals surface area contributed by atoms with E-state index in [0.717, 1.165) is 28.9 Å². The van der Waals surface area contributed by atoms with E-state index < -0.39 is 23.7 Å². The Morgan fingerprint density at radius 2 is 1.76 bits per heavy atom. The van der Waals surface area contributed by atoms with Crippen LogP contribution in [0.25, 0.3) is 28.2 Å². The molecule has 5 N–H and O–H groups in total. The number of aromatic amines is 1. The molecule has 0 radical (unpaired) electrons. The number of amides is 4. The van der Waals surface area contributed by atoms with Crippen molar-refractivity contribution in [2.75, 3.05) is 38.2 Å². The van der Waals surface area contributed by atoms with Crippen LogP contribution >= 0.6 is 11.6 Å². The Bertz CT molecular complexity index is 2690. The Labute approximate surface area is 362 Å². The first kappa shape index (κ1) is 42.8. The van der Waals surface area contributed by atoms with Gasteiger partial charge in [-0.25, -0.2) is 4.98 Å². The number of aromatic nitrogens is 4. The number of hydrogen-bond donors (Lipinski definition) is 5. The zero-order valence-electron chi connectivity index (χ0n) is 33.4. The number of nitrogens with one attached hydrogen (secondary N) is 4. The van der Waals surface area contributed by atoms with E-state index in [-0.39, 0.29) is 75.3 Å². The molecule has 63 heavy (non-hydrogen) atoms. The van der Waals surface area contributed by atoms with Crippen molar-refractivity contribution < 1.29 is 46.9 Å². The molecule has 19 heteroatoms. The average Bonchev–Trinajstić information content (AvgIpc) is 3.94. The first-order chi connectivity index (χ1) is 30.3. The fourth-order valence-corrected chi connectivity index (χ4v) is 7.71. The molecule has 4 heterocycles. The summed E-state index contributed by atoms with van der Waals surface area (Å²) in [6.45, 7) is 1.04. The molecule has 1 unspecified atom stereocenters. The van der Waals surface area contributed by atoms with E-state index in [2.05, 4.69) is 31.0 Å². The van der Waals surface area contributed by atoms with Gasteiger partial charge in [-0.3, -0.25) is 24.5 Å². The Hall–Kier alpha value is -6.92.